The molecule has 1 fully saturated rings. The molecule has 0 bridgehead atoms. The fourth-order valence-corrected chi connectivity index (χ4v) is 1.88. The summed E-state index contributed by atoms with van der Waals surface area (Å²) >= 11 is 0. The van der Waals surface area contributed by atoms with Crippen LogP contribution in [0.25, 0.3) is 0 Å². The Bertz CT molecular complexity index is 316. The molecule has 1 unspecified atom stereocenters. The van der Waals surface area contributed by atoms with E-state index in [1.165, 1.54) is 0 Å². The molecule has 5 atom stereocenters. The second kappa shape index (κ2) is 7.59. The third kappa shape index (κ3) is 5.69. The van der Waals surface area contributed by atoms with Gasteiger partial charge in [0.05, 0.1) is 18.3 Å². The van der Waals surface area contributed by atoms with E-state index in [1.54, 1.807) is 13.0 Å². The van der Waals surface area contributed by atoms with Gasteiger partial charge in [-0.05, 0) is 26.7 Å². The van der Waals surface area contributed by atoms with Crippen molar-refractivity contribution in [2.75, 3.05) is 0 Å². The Morgan fingerprint density at radius 1 is 1.47 bits per heavy atom. The molecule has 19 heavy (non-hydrogen) atoms. The van der Waals surface area contributed by atoms with Crippen molar-refractivity contribution in [3.05, 3.63) is 12.2 Å². The highest BCUT2D eigenvalue weighted by atomic mass is 16.7. The second-order valence-corrected chi connectivity index (χ2v) is 4.84. The average molecular weight is 274 g/mol. The number of carboxylic acids is 1. The lowest BCUT2D eigenvalue weighted by molar-refractivity contribution is -0.273. The van der Waals surface area contributed by atoms with Gasteiger partial charge in [-0.25, -0.2) is 4.79 Å². The highest BCUT2D eigenvalue weighted by Crippen LogP contribution is 2.22. The first-order valence-electron chi connectivity index (χ1n) is 6.46. The molecule has 110 valence electrons. The van der Waals surface area contributed by atoms with Crippen LogP contribution >= 0.6 is 0 Å². The Morgan fingerprint density at radius 3 is 2.79 bits per heavy atom. The van der Waals surface area contributed by atoms with Crippen molar-refractivity contribution in [3.8, 4) is 0 Å². The highest BCUT2D eigenvalue weighted by Gasteiger charge is 2.35. The quantitative estimate of drug-likeness (QED) is 0.616. The molecule has 0 aromatic carbocycles. The maximum absolute atomic E-state index is 10.3. The number of carbonyl (C=O) groups is 1. The molecule has 0 amide bonds. The van der Waals surface area contributed by atoms with E-state index in [1.807, 2.05) is 6.92 Å². The van der Waals surface area contributed by atoms with Crippen LogP contribution in [0.15, 0.2) is 12.2 Å². The summed E-state index contributed by atoms with van der Waals surface area (Å²) in [5, 5.41) is 27.7. The summed E-state index contributed by atoms with van der Waals surface area (Å²) in [6.07, 6.45) is 1.31. The normalized spacial score (nSPS) is 33.5. The van der Waals surface area contributed by atoms with Gasteiger partial charge < -0.3 is 24.8 Å². The topological polar surface area (TPSA) is 96.2 Å². The standard InChI is InChI=1S/C13H22O6/c1-8(5-3-4-6-12(16)17)18-13-11(15)7-10(14)9(2)19-13/h4,6,8-11,13-15H,3,5,7H2,1-2H3,(H,16,17)/t8-,9+,10-,11-,13?/m1/s1. The molecule has 1 saturated heterocycles. The van der Waals surface area contributed by atoms with Crippen LogP contribution in [0.2, 0.25) is 0 Å². The molecule has 0 saturated carbocycles. The number of allylic oxidation sites excluding steroid dienone is 1. The zero-order chi connectivity index (χ0) is 14.4. The van der Waals surface area contributed by atoms with E-state index < -0.39 is 24.5 Å². The summed E-state index contributed by atoms with van der Waals surface area (Å²) in [7, 11) is 0. The number of hydrogen-bond acceptors (Lipinski definition) is 5. The molecule has 1 aliphatic heterocycles. The number of ether oxygens (including phenoxy) is 2. The van der Waals surface area contributed by atoms with Crippen molar-refractivity contribution in [2.45, 2.75) is 63.8 Å². The molecular formula is C13H22O6. The summed E-state index contributed by atoms with van der Waals surface area (Å²) in [6.45, 7) is 3.56. The lowest BCUT2D eigenvalue weighted by atomic mass is 10.0. The molecule has 0 aromatic heterocycles. The minimum Gasteiger partial charge on any atom is -0.478 e. The van der Waals surface area contributed by atoms with Crippen LogP contribution in [-0.4, -0.2) is 52.0 Å². The number of rotatable bonds is 6. The van der Waals surface area contributed by atoms with Crippen molar-refractivity contribution in [3.63, 3.8) is 0 Å². The molecule has 0 aliphatic carbocycles. The minimum atomic E-state index is -0.970. The average Bonchev–Trinajstić information content (AvgIpc) is 2.31. The fraction of sp³-hybridized carbons (Fsp3) is 0.769. The number of aliphatic hydroxyl groups excluding tert-OH is 2. The molecule has 6 nitrogen and oxygen atoms in total. The van der Waals surface area contributed by atoms with Gasteiger partial charge in [0.1, 0.15) is 6.10 Å². The van der Waals surface area contributed by atoms with Crippen molar-refractivity contribution in [1.29, 1.82) is 0 Å². The Morgan fingerprint density at radius 2 is 2.16 bits per heavy atom. The summed E-state index contributed by atoms with van der Waals surface area (Å²) in [6, 6.07) is 0. The molecular weight excluding hydrogens is 252 g/mol. The van der Waals surface area contributed by atoms with Crippen molar-refractivity contribution >= 4 is 5.97 Å². The van der Waals surface area contributed by atoms with Crippen LogP contribution in [0, 0.1) is 0 Å². The molecule has 6 heteroatoms. The fourth-order valence-electron chi connectivity index (χ4n) is 1.88. The SMILES string of the molecule is C[C@H](CCC=CC(=O)O)OC1O[C@@H](C)[C@H](O)C[C@H]1O. The molecule has 1 rings (SSSR count). The Balaban J connectivity index is 2.31. The zero-order valence-corrected chi connectivity index (χ0v) is 11.2. The number of carboxylic acid groups (broad SMARTS) is 1. The summed E-state index contributed by atoms with van der Waals surface area (Å²) in [5.41, 5.74) is 0. The van der Waals surface area contributed by atoms with Gasteiger partial charge in [-0.3, -0.25) is 0 Å². The minimum absolute atomic E-state index is 0.166. The Hall–Kier alpha value is -0.950. The van der Waals surface area contributed by atoms with E-state index in [4.69, 9.17) is 14.6 Å². The first-order chi connectivity index (χ1) is 8.90. The van der Waals surface area contributed by atoms with Crippen LogP contribution in [0.3, 0.4) is 0 Å². The van der Waals surface area contributed by atoms with Gasteiger partial charge in [-0.15, -0.1) is 0 Å². The van der Waals surface area contributed by atoms with Crippen molar-refractivity contribution < 1.29 is 29.6 Å². The van der Waals surface area contributed by atoms with Gasteiger partial charge in [0.15, 0.2) is 6.29 Å². The molecule has 1 aliphatic rings. The van der Waals surface area contributed by atoms with Gasteiger partial charge in [0.25, 0.3) is 0 Å². The van der Waals surface area contributed by atoms with Crippen molar-refractivity contribution in [2.24, 2.45) is 0 Å². The first-order valence-corrected chi connectivity index (χ1v) is 6.46. The monoisotopic (exact) mass is 274 g/mol. The largest absolute Gasteiger partial charge is 0.478 e. The summed E-state index contributed by atoms with van der Waals surface area (Å²) in [4.78, 5) is 10.3. The molecule has 0 radical (unpaired) electrons. The van der Waals surface area contributed by atoms with Crippen LogP contribution in [-0.2, 0) is 14.3 Å². The summed E-state index contributed by atoms with van der Waals surface area (Å²) in [5.74, 6) is -0.970. The van der Waals surface area contributed by atoms with E-state index in [-0.39, 0.29) is 18.6 Å². The number of aliphatic hydroxyl groups is 2. The second-order valence-electron chi connectivity index (χ2n) is 4.84. The van der Waals surface area contributed by atoms with E-state index >= 15 is 0 Å². The number of aliphatic carboxylic acids is 1. The van der Waals surface area contributed by atoms with Gasteiger partial charge in [-0.2, -0.15) is 0 Å². The highest BCUT2D eigenvalue weighted by molar-refractivity contribution is 5.79. The lowest BCUT2D eigenvalue weighted by Gasteiger charge is -2.36. The molecule has 3 N–H and O–H groups in total. The summed E-state index contributed by atoms with van der Waals surface area (Å²) < 4.78 is 11.0. The maximum Gasteiger partial charge on any atom is 0.327 e. The maximum atomic E-state index is 10.3. The predicted molar refractivity (Wildman–Crippen MR) is 67.5 cm³/mol. The van der Waals surface area contributed by atoms with E-state index in [0.29, 0.717) is 12.8 Å². The molecule has 0 spiro atoms. The van der Waals surface area contributed by atoms with Crippen LogP contribution in [0.5, 0.6) is 0 Å². The van der Waals surface area contributed by atoms with Gasteiger partial charge in [-0.1, -0.05) is 6.08 Å². The van der Waals surface area contributed by atoms with Gasteiger partial charge in [0.2, 0.25) is 0 Å². The smallest absolute Gasteiger partial charge is 0.327 e. The Kier molecular flexibility index (Phi) is 6.44. The van der Waals surface area contributed by atoms with Crippen LogP contribution in [0.1, 0.15) is 33.1 Å². The van der Waals surface area contributed by atoms with E-state index in [9.17, 15) is 15.0 Å². The Labute approximate surface area is 112 Å². The molecule has 0 aromatic rings. The third-order valence-corrected chi connectivity index (χ3v) is 3.05. The van der Waals surface area contributed by atoms with E-state index in [2.05, 4.69) is 0 Å². The molecule has 1 heterocycles. The van der Waals surface area contributed by atoms with Crippen LogP contribution < -0.4 is 0 Å². The predicted octanol–water partition coefficient (Wildman–Crippen LogP) is 0.669. The number of hydrogen-bond donors (Lipinski definition) is 3. The van der Waals surface area contributed by atoms with Gasteiger partial charge in [0, 0.05) is 12.5 Å². The van der Waals surface area contributed by atoms with Crippen LogP contribution in [0.4, 0.5) is 0 Å². The zero-order valence-electron chi connectivity index (χ0n) is 11.2. The lowest BCUT2D eigenvalue weighted by Crippen LogP contribution is -2.48. The third-order valence-electron chi connectivity index (χ3n) is 3.05. The van der Waals surface area contributed by atoms with Crippen molar-refractivity contribution in [1.82, 2.24) is 0 Å². The first kappa shape index (κ1) is 16.1. The van der Waals surface area contributed by atoms with E-state index in [0.717, 1.165) is 6.08 Å². The van der Waals surface area contributed by atoms with Gasteiger partial charge >= 0.3 is 5.97 Å².